The van der Waals surface area contributed by atoms with E-state index in [4.69, 9.17) is 4.74 Å². The molecule has 8 heteroatoms. The number of morpholine rings is 1. The lowest BCUT2D eigenvalue weighted by atomic mass is 9.97. The number of nitrogens with zero attached hydrogens (tertiary/aromatic N) is 4. The molecular weight excluding hydrogens is 302 g/mol. The second-order valence-corrected chi connectivity index (χ2v) is 6.65. The van der Waals surface area contributed by atoms with Gasteiger partial charge in [-0.1, -0.05) is 11.8 Å². The number of nitrogens with one attached hydrogen (secondary N) is 1. The van der Waals surface area contributed by atoms with E-state index in [0.717, 1.165) is 36.9 Å². The number of ether oxygens (including phenoxy) is 1. The highest BCUT2D eigenvalue weighted by molar-refractivity contribution is 7.99. The number of hydrogen-bond acceptors (Lipinski definition) is 6. The molecule has 0 radical (unpaired) electrons. The summed E-state index contributed by atoms with van der Waals surface area (Å²) in [5.74, 6) is 2.09. The first-order valence-corrected chi connectivity index (χ1v) is 8.82. The summed E-state index contributed by atoms with van der Waals surface area (Å²) in [6, 6.07) is 0. The summed E-state index contributed by atoms with van der Waals surface area (Å²) >= 11 is 1.48. The van der Waals surface area contributed by atoms with E-state index < -0.39 is 0 Å². The summed E-state index contributed by atoms with van der Waals surface area (Å²) in [6.45, 7) is 4.74. The summed E-state index contributed by atoms with van der Waals surface area (Å²) in [6.07, 6.45) is 2.20. The van der Waals surface area contributed by atoms with Crippen molar-refractivity contribution in [3.05, 3.63) is 5.82 Å². The molecule has 0 unspecified atom stereocenters. The van der Waals surface area contributed by atoms with Gasteiger partial charge in [-0.15, -0.1) is 10.2 Å². The third kappa shape index (κ3) is 3.61. The third-order valence-corrected chi connectivity index (χ3v) is 5.27. The second kappa shape index (κ2) is 7.43. The minimum absolute atomic E-state index is 0.153. The number of piperidine rings is 1. The minimum Gasteiger partial charge on any atom is -0.378 e. The lowest BCUT2D eigenvalue weighted by molar-refractivity contribution is -0.132. The molecule has 1 aromatic rings. The summed E-state index contributed by atoms with van der Waals surface area (Å²) in [5, 5.41) is 12.8. The molecule has 0 aliphatic carbocycles. The lowest BCUT2D eigenvalue weighted by Gasteiger charge is -2.26. The molecule has 122 valence electrons. The van der Waals surface area contributed by atoms with Crippen LogP contribution in [0.5, 0.6) is 0 Å². The average molecular weight is 325 g/mol. The molecule has 2 fully saturated rings. The van der Waals surface area contributed by atoms with Gasteiger partial charge in [-0.3, -0.25) is 4.79 Å². The maximum atomic E-state index is 12.2. The fraction of sp³-hybridized carbons (Fsp3) is 0.786. The number of carbonyl (C=O) groups excluding carboxylic acids is 1. The van der Waals surface area contributed by atoms with Gasteiger partial charge in [0.05, 0.1) is 19.0 Å². The molecule has 0 aromatic carbocycles. The second-order valence-electron chi connectivity index (χ2n) is 5.71. The van der Waals surface area contributed by atoms with Gasteiger partial charge < -0.3 is 19.5 Å². The van der Waals surface area contributed by atoms with Crippen molar-refractivity contribution in [2.75, 3.05) is 45.1 Å². The Balaban J connectivity index is 1.56. The zero-order chi connectivity index (χ0) is 15.4. The van der Waals surface area contributed by atoms with Crippen molar-refractivity contribution in [3.8, 4) is 0 Å². The molecule has 1 aromatic heterocycles. The van der Waals surface area contributed by atoms with Crippen molar-refractivity contribution in [2.45, 2.75) is 23.9 Å². The number of rotatable bonds is 4. The fourth-order valence-corrected chi connectivity index (χ4v) is 3.74. The number of thioether (sulfide) groups is 1. The van der Waals surface area contributed by atoms with E-state index in [9.17, 15) is 4.79 Å². The number of amides is 1. The molecule has 2 aliphatic rings. The molecule has 1 N–H and O–H groups in total. The Morgan fingerprint density at radius 2 is 2.05 bits per heavy atom. The van der Waals surface area contributed by atoms with Crippen LogP contribution in [0.4, 0.5) is 0 Å². The van der Waals surface area contributed by atoms with Gasteiger partial charge in [0.25, 0.3) is 0 Å². The molecule has 7 nitrogen and oxygen atoms in total. The number of carbonyl (C=O) groups is 1. The largest absolute Gasteiger partial charge is 0.378 e. The van der Waals surface area contributed by atoms with Gasteiger partial charge in [-0.2, -0.15) is 0 Å². The Labute approximate surface area is 134 Å². The Morgan fingerprint density at radius 3 is 2.77 bits per heavy atom. The van der Waals surface area contributed by atoms with Gasteiger partial charge >= 0.3 is 0 Å². The van der Waals surface area contributed by atoms with Gasteiger partial charge in [0.15, 0.2) is 5.16 Å². The summed E-state index contributed by atoms with van der Waals surface area (Å²) in [7, 11) is 2.00. The quantitative estimate of drug-likeness (QED) is 0.799. The van der Waals surface area contributed by atoms with Crippen LogP contribution in [0.3, 0.4) is 0 Å². The molecule has 0 spiro atoms. The predicted molar refractivity (Wildman–Crippen MR) is 84.0 cm³/mol. The monoisotopic (exact) mass is 325 g/mol. The predicted octanol–water partition coefficient (Wildman–Crippen LogP) is 0.233. The standard InChI is InChI=1S/C14H23N5O2S/c1-18-13(11-2-4-15-5-3-11)16-17-14(18)22-10-12(20)19-6-8-21-9-7-19/h11,15H,2-10H2,1H3. The first kappa shape index (κ1) is 15.8. The van der Waals surface area contributed by atoms with Crippen LogP contribution in [0.25, 0.3) is 0 Å². The highest BCUT2D eigenvalue weighted by atomic mass is 32.2. The Hall–Kier alpha value is -1.12. The van der Waals surface area contributed by atoms with Crippen molar-refractivity contribution in [1.29, 1.82) is 0 Å². The molecule has 1 amide bonds. The van der Waals surface area contributed by atoms with Crippen LogP contribution in [0.1, 0.15) is 24.6 Å². The van der Waals surface area contributed by atoms with Gasteiger partial charge in [0.2, 0.25) is 5.91 Å². The van der Waals surface area contributed by atoms with Gasteiger partial charge in [-0.25, -0.2) is 0 Å². The molecule has 0 saturated carbocycles. The van der Waals surface area contributed by atoms with Crippen LogP contribution in [0.2, 0.25) is 0 Å². The van der Waals surface area contributed by atoms with Crippen molar-refractivity contribution in [3.63, 3.8) is 0 Å². The highest BCUT2D eigenvalue weighted by Gasteiger charge is 2.23. The van der Waals surface area contributed by atoms with Crippen molar-refractivity contribution < 1.29 is 9.53 Å². The van der Waals surface area contributed by atoms with Crippen LogP contribution in [-0.2, 0) is 16.6 Å². The Morgan fingerprint density at radius 1 is 1.32 bits per heavy atom. The maximum absolute atomic E-state index is 12.2. The van der Waals surface area contributed by atoms with Crippen molar-refractivity contribution in [1.82, 2.24) is 25.0 Å². The molecule has 0 atom stereocenters. The lowest BCUT2D eigenvalue weighted by Crippen LogP contribution is -2.41. The number of hydrogen-bond donors (Lipinski definition) is 1. The highest BCUT2D eigenvalue weighted by Crippen LogP contribution is 2.26. The van der Waals surface area contributed by atoms with E-state index in [1.165, 1.54) is 11.8 Å². The van der Waals surface area contributed by atoms with Gasteiger partial charge in [0.1, 0.15) is 5.82 Å². The van der Waals surface area contributed by atoms with Crippen LogP contribution in [0, 0.1) is 0 Å². The normalized spacial score (nSPS) is 20.3. The Kier molecular flexibility index (Phi) is 5.32. The molecule has 22 heavy (non-hydrogen) atoms. The molecule has 0 bridgehead atoms. The van der Waals surface area contributed by atoms with E-state index in [-0.39, 0.29) is 5.91 Å². The van der Waals surface area contributed by atoms with Crippen LogP contribution in [0.15, 0.2) is 5.16 Å². The molecule has 2 saturated heterocycles. The molecule has 3 rings (SSSR count). The van der Waals surface area contributed by atoms with Crippen molar-refractivity contribution >= 4 is 17.7 Å². The third-order valence-electron chi connectivity index (χ3n) is 4.26. The molecule has 3 heterocycles. The summed E-state index contributed by atoms with van der Waals surface area (Å²) < 4.78 is 7.32. The van der Waals surface area contributed by atoms with Crippen LogP contribution >= 0.6 is 11.8 Å². The van der Waals surface area contributed by atoms with E-state index in [0.29, 0.717) is 38.0 Å². The summed E-state index contributed by atoms with van der Waals surface area (Å²) in [4.78, 5) is 14.0. The Bertz CT molecular complexity index is 509. The fourth-order valence-electron chi connectivity index (χ4n) is 2.92. The molecular formula is C14H23N5O2S. The number of aromatic nitrogens is 3. The molecule has 2 aliphatic heterocycles. The van der Waals surface area contributed by atoms with E-state index in [2.05, 4.69) is 15.5 Å². The van der Waals surface area contributed by atoms with Crippen LogP contribution in [-0.4, -0.2) is 70.7 Å². The van der Waals surface area contributed by atoms with Gasteiger partial charge in [-0.05, 0) is 25.9 Å². The van der Waals surface area contributed by atoms with E-state index in [1.807, 2.05) is 16.5 Å². The van der Waals surface area contributed by atoms with Gasteiger partial charge in [0, 0.05) is 26.1 Å². The SMILES string of the molecule is Cn1c(SCC(=O)N2CCOCC2)nnc1C1CCNCC1. The summed E-state index contributed by atoms with van der Waals surface area (Å²) in [5.41, 5.74) is 0. The zero-order valence-corrected chi connectivity index (χ0v) is 13.8. The van der Waals surface area contributed by atoms with Crippen molar-refractivity contribution in [2.24, 2.45) is 7.05 Å². The van der Waals surface area contributed by atoms with E-state index in [1.54, 1.807) is 0 Å². The zero-order valence-electron chi connectivity index (χ0n) is 13.0. The smallest absolute Gasteiger partial charge is 0.233 e. The van der Waals surface area contributed by atoms with Crippen LogP contribution < -0.4 is 5.32 Å². The first-order valence-electron chi connectivity index (χ1n) is 7.84. The first-order chi connectivity index (χ1) is 10.8. The minimum atomic E-state index is 0.153. The topological polar surface area (TPSA) is 72.3 Å². The maximum Gasteiger partial charge on any atom is 0.233 e. The van der Waals surface area contributed by atoms with E-state index >= 15 is 0 Å². The average Bonchev–Trinajstić information content (AvgIpc) is 2.95.